The van der Waals surface area contributed by atoms with Crippen molar-refractivity contribution in [3.8, 4) is 5.75 Å². The first kappa shape index (κ1) is 18.1. The summed E-state index contributed by atoms with van der Waals surface area (Å²) in [5, 5.41) is 2.53. The van der Waals surface area contributed by atoms with Crippen LogP contribution in [0.1, 0.15) is 17.6 Å². The van der Waals surface area contributed by atoms with Gasteiger partial charge in [0.05, 0.1) is 12.3 Å². The molecule has 0 fully saturated rings. The molecule has 0 radical (unpaired) electrons. The van der Waals surface area contributed by atoms with Gasteiger partial charge in [-0.15, -0.1) is 17.9 Å². The highest BCUT2D eigenvalue weighted by Gasteiger charge is 2.15. The molecule has 1 unspecified atom stereocenters. The molecule has 0 N–H and O–H groups in total. The van der Waals surface area contributed by atoms with Gasteiger partial charge in [0.15, 0.2) is 6.10 Å². The zero-order valence-corrected chi connectivity index (χ0v) is 14.1. The monoisotopic (exact) mass is 351 g/mol. The lowest BCUT2D eigenvalue weighted by Crippen LogP contribution is -2.23. The van der Waals surface area contributed by atoms with Crippen LogP contribution in [-0.4, -0.2) is 23.7 Å². The third-order valence-corrected chi connectivity index (χ3v) is 3.80. The van der Waals surface area contributed by atoms with Crippen molar-refractivity contribution in [2.75, 3.05) is 6.61 Å². The van der Waals surface area contributed by atoms with Gasteiger partial charge in [-0.2, -0.15) is 0 Å². The van der Waals surface area contributed by atoms with E-state index in [1.165, 1.54) is 23.5 Å². The number of halogens is 1. The molecule has 1 atom stereocenters. The first-order chi connectivity index (χ1) is 11.6. The summed E-state index contributed by atoms with van der Waals surface area (Å²) < 4.78 is 28.6. The molecule has 0 bridgehead atoms. The fraction of sp³-hybridized carbons (Fsp3) is 0.294. The molecule has 24 heavy (non-hydrogen) atoms. The highest BCUT2D eigenvalue weighted by Crippen LogP contribution is 2.16. The zero-order valence-electron chi connectivity index (χ0n) is 13.2. The number of aromatic nitrogens is 1. The Balaban J connectivity index is 1.77. The van der Waals surface area contributed by atoms with Gasteiger partial charge in [-0.05, 0) is 31.2 Å². The SMILES string of the molecule is C=CCOC(C)C(=O)OCc1csc(COc2ccc(F)cc2)n1. The number of nitrogens with zero attached hydrogens (tertiary/aromatic N) is 1. The number of thiazole rings is 1. The second kappa shape index (κ2) is 9.14. The van der Waals surface area contributed by atoms with Crippen LogP contribution in [-0.2, 0) is 27.5 Å². The summed E-state index contributed by atoms with van der Waals surface area (Å²) in [7, 11) is 0. The van der Waals surface area contributed by atoms with Crippen LogP contribution in [0.4, 0.5) is 4.39 Å². The molecule has 0 aliphatic heterocycles. The van der Waals surface area contributed by atoms with Gasteiger partial charge in [-0.3, -0.25) is 0 Å². The molecule has 0 aliphatic carbocycles. The number of hydrogen-bond donors (Lipinski definition) is 0. The third kappa shape index (κ3) is 5.75. The van der Waals surface area contributed by atoms with Crippen LogP contribution in [0.5, 0.6) is 5.75 Å². The van der Waals surface area contributed by atoms with E-state index >= 15 is 0 Å². The number of hydrogen-bond acceptors (Lipinski definition) is 6. The molecule has 5 nitrogen and oxygen atoms in total. The summed E-state index contributed by atoms with van der Waals surface area (Å²) in [5.41, 5.74) is 0.641. The van der Waals surface area contributed by atoms with Crippen LogP contribution in [0.3, 0.4) is 0 Å². The molecule has 2 rings (SSSR count). The van der Waals surface area contributed by atoms with Crippen molar-refractivity contribution in [2.45, 2.75) is 26.2 Å². The Morgan fingerprint density at radius 3 is 2.83 bits per heavy atom. The average Bonchev–Trinajstić information content (AvgIpc) is 3.05. The molecule has 1 heterocycles. The van der Waals surface area contributed by atoms with Crippen LogP contribution >= 0.6 is 11.3 Å². The fourth-order valence-electron chi connectivity index (χ4n) is 1.70. The molecule has 0 amide bonds. The minimum Gasteiger partial charge on any atom is -0.486 e. The van der Waals surface area contributed by atoms with Crippen molar-refractivity contribution in [3.05, 3.63) is 58.8 Å². The molecule has 2 aromatic rings. The average molecular weight is 351 g/mol. The van der Waals surface area contributed by atoms with E-state index in [4.69, 9.17) is 14.2 Å². The molecule has 1 aromatic carbocycles. The molecular formula is C17H18FNO4S. The minimum atomic E-state index is -0.650. The minimum absolute atomic E-state index is 0.0771. The van der Waals surface area contributed by atoms with Gasteiger partial charge in [0.1, 0.15) is 29.8 Å². The summed E-state index contributed by atoms with van der Waals surface area (Å²) >= 11 is 1.40. The van der Waals surface area contributed by atoms with Crippen molar-refractivity contribution >= 4 is 17.3 Å². The smallest absolute Gasteiger partial charge is 0.335 e. The van der Waals surface area contributed by atoms with Crippen LogP contribution in [0.2, 0.25) is 0 Å². The third-order valence-electron chi connectivity index (χ3n) is 2.93. The van der Waals surface area contributed by atoms with E-state index in [2.05, 4.69) is 11.6 Å². The van der Waals surface area contributed by atoms with Gasteiger partial charge in [0, 0.05) is 5.38 Å². The van der Waals surface area contributed by atoms with E-state index in [0.29, 0.717) is 11.4 Å². The fourth-order valence-corrected chi connectivity index (χ4v) is 2.39. The number of rotatable bonds is 9. The highest BCUT2D eigenvalue weighted by atomic mass is 32.1. The van der Waals surface area contributed by atoms with Gasteiger partial charge < -0.3 is 14.2 Å². The Morgan fingerprint density at radius 1 is 1.38 bits per heavy atom. The molecule has 0 aliphatic rings. The van der Waals surface area contributed by atoms with Gasteiger partial charge >= 0.3 is 5.97 Å². The maximum Gasteiger partial charge on any atom is 0.335 e. The molecule has 128 valence electrons. The van der Waals surface area contributed by atoms with E-state index in [1.54, 1.807) is 30.5 Å². The second-order valence-electron chi connectivity index (χ2n) is 4.85. The largest absolute Gasteiger partial charge is 0.486 e. The number of carbonyl (C=O) groups excluding carboxylic acids is 1. The lowest BCUT2D eigenvalue weighted by molar-refractivity contribution is -0.156. The Hall–Kier alpha value is -2.25. The number of carbonyl (C=O) groups is 1. The molecule has 0 spiro atoms. The standard InChI is InChI=1S/C17H18FNO4S/c1-3-8-21-12(2)17(20)23-9-14-11-24-16(19-14)10-22-15-6-4-13(18)5-7-15/h3-7,11-12H,1,8-10H2,2H3. The van der Waals surface area contributed by atoms with Crippen LogP contribution in [0.25, 0.3) is 0 Å². The second-order valence-corrected chi connectivity index (χ2v) is 5.79. The first-order valence-electron chi connectivity index (χ1n) is 7.29. The summed E-state index contributed by atoms with van der Waals surface area (Å²) in [6.07, 6.45) is 0.917. The Morgan fingerprint density at radius 2 is 2.12 bits per heavy atom. The van der Waals surface area contributed by atoms with E-state index in [1.807, 2.05) is 0 Å². The Bertz CT molecular complexity index is 671. The molecule has 7 heteroatoms. The van der Waals surface area contributed by atoms with Crippen LogP contribution in [0.15, 0.2) is 42.3 Å². The van der Waals surface area contributed by atoms with Crippen molar-refractivity contribution < 1.29 is 23.4 Å². The summed E-state index contributed by atoms with van der Waals surface area (Å²) in [6.45, 7) is 5.77. The van der Waals surface area contributed by atoms with E-state index in [9.17, 15) is 9.18 Å². The summed E-state index contributed by atoms with van der Waals surface area (Å²) in [4.78, 5) is 16.0. The number of esters is 1. The molecule has 0 saturated carbocycles. The molecule has 1 aromatic heterocycles. The maximum absolute atomic E-state index is 12.8. The van der Waals surface area contributed by atoms with Crippen molar-refractivity contribution in [1.82, 2.24) is 4.98 Å². The van der Waals surface area contributed by atoms with Crippen molar-refractivity contribution in [1.29, 1.82) is 0 Å². The van der Waals surface area contributed by atoms with Crippen LogP contribution < -0.4 is 4.74 Å². The maximum atomic E-state index is 12.8. The van der Waals surface area contributed by atoms with E-state index < -0.39 is 12.1 Å². The zero-order chi connectivity index (χ0) is 17.4. The first-order valence-corrected chi connectivity index (χ1v) is 8.17. The van der Waals surface area contributed by atoms with E-state index in [0.717, 1.165) is 5.01 Å². The molecular weight excluding hydrogens is 333 g/mol. The normalized spacial score (nSPS) is 11.8. The van der Waals surface area contributed by atoms with Gasteiger partial charge in [-0.25, -0.2) is 14.2 Å². The predicted molar refractivity (Wildman–Crippen MR) is 88.3 cm³/mol. The van der Waals surface area contributed by atoms with E-state index in [-0.39, 0.29) is 25.6 Å². The highest BCUT2D eigenvalue weighted by molar-refractivity contribution is 7.09. The van der Waals surface area contributed by atoms with Crippen molar-refractivity contribution in [2.24, 2.45) is 0 Å². The molecule has 0 saturated heterocycles. The van der Waals surface area contributed by atoms with Crippen molar-refractivity contribution in [3.63, 3.8) is 0 Å². The van der Waals surface area contributed by atoms with Gasteiger partial charge in [0.25, 0.3) is 0 Å². The van der Waals surface area contributed by atoms with Gasteiger partial charge in [0.2, 0.25) is 0 Å². The lowest BCUT2D eigenvalue weighted by atomic mass is 10.3. The van der Waals surface area contributed by atoms with Gasteiger partial charge in [-0.1, -0.05) is 6.08 Å². The lowest BCUT2D eigenvalue weighted by Gasteiger charge is -2.10. The summed E-state index contributed by atoms with van der Waals surface area (Å²) in [5.74, 6) is -0.200. The topological polar surface area (TPSA) is 57.7 Å². The summed E-state index contributed by atoms with van der Waals surface area (Å²) in [6, 6.07) is 5.77. The quantitative estimate of drug-likeness (QED) is 0.511. The Kier molecular flexibility index (Phi) is 6.89. The predicted octanol–water partition coefficient (Wildman–Crippen LogP) is 3.50. The number of ether oxygens (including phenoxy) is 3. The Labute approximate surface area is 143 Å². The van der Waals surface area contributed by atoms with Crippen LogP contribution in [0, 0.1) is 5.82 Å². The number of benzene rings is 1.